The van der Waals surface area contributed by atoms with Crippen LogP contribution in [-0.2, 0) is 97.5 Å². The Labute approximate surface area is 801 Å². The fourth-order valence-corrected chi connectivity index (χ4v) is 16.1. The molecule has 4 aromatic carbocycles. The van der Waals surface area contributed by atoms with Crippen molar-refractivity contribution in [3.8, 4) is 28.7 Å². The zero-order valence-corrected chi connectivity index (χ0v) is 79.3. The Kier molecular flexibility index (Phi) is 39.8. The molecule has 0 radical (unpaired) electrons. The third-order valence-electron chi connectivity index (χ3n) is 23.6. The Morgan fingerprint density at radius 3 is 1.54 bits per heavy atom. The molecule has 8 rings (SSSR count). The number of carbonyl (C=O) groups is 14. The van der Waals surface area contributed by atoms with Crippen LogP contribution in [-0.4, -0.2) is 275 Å². The molecule has 0 unspecified atom stereocenters. The molecule has 5 aromatic rings. The van der Waals surface area contributed by atoms with Gasteiger partial charge in [0.2, 0.25) is 70.8 Å². The Morgan fingerprint density at radius 1 is 0.583 bits per heavy atom. The molecule has 1 aromatic heterocycles. The van der Waals surface area contributed by atoms with Gasteiger partial charge in [-0.2, -0.15) is 0 Å². The third kappa shape index (κ3) is 30.7. The Morgan fingerprint density at radius 2 is 1.04 bits per heavy atom. The van der Waals surface area contributed by atoms with Crippen LogP contribution in [0.1, 0.15) is 193 Å². The average molecular weight is 1940 g/mol. The first-order chi connectivity index (χ1) is 65.5. The lowest BCUT2D eigenvalue weighted by atomic mass is 9.72. The number of oxime groups is 1. The second-order valence-electron chi connectivity index (χ2n) is 36.1. The molecule has 2 heterocycles. The van der Waals surface area contributed by atoms with Crippen LogP contribution in [0.2, 0.25) is 0 Å². The minimum absolute atomic E-state index is 0.00313. The van der Waals surface area contributed by atoms with Gasteiger partial charge in [0, 0.05) is 86.2 Å². The SMILES string of the molecule is COc1cccc2c1C(=O)c1c(O)c3c(c(O)c1C2=O)C[C@@](O)(/C(C)=N/OCC(=O)N[C@@H](CC(C)C)C(=O)N[C@@H](CCCNC(=N)N)C(=O)N[C@@H](CCCNC(=N)N)C(=O)N[C@@H](Cc1ccc(O)cc1)C(=O)N[C@H](C(=O)N[C@@H](Cc1cnc[nH]1)C(=O)N[C@@H](CC(C)C)C(=O)N[C@@H](C)C(=O)N[C@@H](Cc1ccc(O)cc1)C(=O)N[C@@H](C)C(=O)N[C@H](C(N)=O)[C@@H](C)O)C(C)C)C[C@@H]3O[C@H]1C[C@H](N)[C@H](O)[C@H](C)O1. The summed E-state index contributed by atoms with van der Waals surface area (Å²) in [7, 11) is 1.28. The van der Waals surface area contributed by atoms with E-state index in [0.29, 0.717) is 16.8 Å². The number of hydrogen-bond acceptors (Lipinski definition) is 30. The Bertz CT molecular complexity index is 5280. The first-order valence-corrected chi connectivity index (χ1v) is 45.5. The predicted molar refractivity (Wildman–Crippen MR) is 500 cm³/mol. The zero-order chi connectivity index (χ0) is 103. The summed E-state index contributed by atoms with van der Waals surface area (Å²) in [5, 5.41) is 132. The van der Waals surface area contributed by atoms with Crippen molar-refractivity contribution in [2.24, 2.45) is 45.8 Å². The van der Waals surface area contributed by atoms with Crippen molar-refractivity contribution >= 4 is 100 Å². The van der Waals surface area contributed by atoms with Crippen LogP contribution < -0.4 is 96.8 Å². The van der Waals surface area contributed by atoms with E-state index in [4.69, 9.17) is 52.8 Å². The standard InChI is InChI=1S/C92H130N22O25/c1-41(2)30-59(105-66(118)39-137-114-48(11)92(135)36-55-69(65(37-92)139-67-35-56(93)74(119)47(10)138-67)78(123)71-70(76(55)121)75(120)54-16-13-19-64(136-12)68(54)77(71)122)86(131)107-57(17-14-28-100-90(95)96)82(127)106-58(18-15-29-101-91(97)98)83(128)110-62(33-50-22-26-53(117)27-23-50)88(133)112-72(43(5)6)89(134)111-63(34-51-38-99-40-102-51)87(132)109-60(31-42(3)4)84(129)103-44(7)80(125)108-61(32-49-20-24-52(116)25-21-49)85(130)104-45(8)81(126)113-73(46(9)115)79(94)124/h13,16,19-27,38,40-47,56-63,65,67,72-74,115-117,119,121,123,135H,14-15,17-18,28-37,39,93H2,1-12H3,(H2,94,124)(H,99,102)(H,103,129)(H,104,130)(H,105,118)(H,106,127)(H,107,131)(H,108,125)(H,109,132)(H,110,128)(H,111,134)(H,112,133)(H,113,126)(H4,95,96,100)(H4,97,98,101)/b114-48+/t44-,45-,46+,47-,56-,57-,58-,59-,60-,61-,62-,63-,65-,67-,72-,73-,74+,92-/m0/s1. The van der Waals surface area contributed by atoms with Crippen molar-refractivity contribution < 1.29 is 122 Å². The van der Waals surface area contributed by atoms with Crippen LogP contribution in [0.4, 0.5) is 0 Å². The van der Waals surface area contributed by atoms with Crippen molar-refractivity contribution in [1.29, 1.82) is 10.8 Å². The minimum Gasteiger partial charge on any atom is -0.508 e. The van der Waals surface area contributed by atoms with Crippen molar-refractivity contribution in [2.75, 3.05) is 26.8 Å². The van der Waals surface area contributed by atoms with E-state index in [-0.39, 0.29) is 134 Å². The second kappa shape index (κ2) is 50.3. The lowest BCUT2D eigenvalue weighted by molar-refractivity contribution is -0.245. The molecule has 1 fully saturated rings. The number of aromatic hydroxyl groups is 4. The van der Waals surface area contributed by atoms with Gasteiger partial charge in [-0.3, -0.25) is 77.9 Å². The number of hydrogen-bond donors (Lipinski definition) is 27. The van der Waals surface area contributed by atoms with Gasteiger partial charge >= 0.3 is 0 Å². The van der Waals surface area contributed by atoms with E-state index in [0.717, 1.165) is 0 Å². The molecule has 758 valence electrons. The van der Waals surface area contributed by atoms with Crippen LogP contribution in [0.3, 0.4) is 0 Å². The third-order valence-corrected chi connectivity index (χ3v) is 23.6. The van der Waals surface area contributed by atoms with Crippen molar-refractivity contribution in [2.45, 2.75) is 262 Å². The predicted octanol–water partition coefficient (Wildman–Crippen LogP) is -2.79. The summed E-state index contributed by atoms with van der Waals surface area (Å²) in [4.78, 5) is 213. The number of rotatable bonds is 49. The quantitative estimate of drug-likeness (QED) is 0.00603. The number of phenols is 4. The highest BCUT2D eigenvalue weighted by atomic mass is 16.7. The number of aliphatic hydroxyl groups is 3. The number of imidazole rings is 1. The number of amides is 12. The van der Waals surface area contributed by atoms with E-state index in [1.165, 1.54) is 121 Å². The number of primary amides is 1. The van der Waals surface area contributed by atoms with Gasteiger partial charge in [-0.05, 0) is 132 Å². The van der Waals surface area contributed by atoms with E-state index in [1.54, 1.807) is 41.5 Å². The van der Waals surface area contributed by atoms with Gasteiger partial charge in [-0.1, -0.05) is 83.1 Å². The number of guanidine groups is 2. The molecule has 1 saturated heterocycles. The number of aliphatic hydroxyl groups excluding tert-OH is 2. The number of fused-ring (bicyclic) bond motifs is 3. The molecule has 47 nitrogen and oxygen atoms in total. The number of carbonyl (C=O) groups excluding carboxylic acids is 14. The van der Waals surface area contributed by atoms with Gasteiger partial charge in [0.1, 0.15) is 101 Å². The van der Waals surface area contributed by atoms with E-state index in [1.807, 2.05) is 0 Å². The van der Waals surface area contributed by atoms with Crippen molar-refractivity contribution in [3.63, 3.8) is 0 Å². The number of H-pyrrole nitrogens is 1. The van der Waals surface area contributed by atoms with Crippen molar-refractivity contribution in [3.05, 3.63) is 129 Å². The first-order valence-electron chi connectivity index (χ1n) is 45.5. The van der Waals surface area contributed by atoms with Gasteiger partial charge in [0.25, 0.3) is 5.91 Å². The number of ether oxygens (including phenoxy) is 3. The van der Waals surface area contributed by atoms with Gasteiger partial charge in [0.05, 0.1) is 60.3 Å². The van der Waals surface area contributed by atoms with Crippen LogP contribution in [0.5, 0.6) is 28.7 Å². The maximum atomic E-state index is 15.2. The maximum absolute atomic E-state index is 15.2. The molecule has 47 heteroatoms. The van der Waals surface area contributed by atoms with Crippen LogP contribution in [0, 0.1) is 28.6 Å². The largest absolute Gasteiger partial charge is 0.508 e. The molecule has 12 amide bonds. The molecule has 139 heavy (non-hydrogen) atoms. The molecule has 3 aliphatic rings. The Balaban J connectivity index is 0.992. The zero-order valence-electron chi connectivity index (χ0n) is 79.3. The number of nitrogens with one attached hydrogen (secondary N) is 16. The Hall–Kier alpha value is -14.2. The number of phenolic OH excluding ortho intramolecular Hbond substituents is 4. The van der Waals surface area contributed by atoms with Crippen LogP contribution in [0.15, 0.2) is 84.4 Å². The summed E-state index contributed by atoms with van der Waals surface area (Å²) in [5.41, 5.74) is 19.6. The normalized spacial score (nSPS) is 19.2. The lowest BCUT2D eigenvalue weighted by Gasteiger charge is -2.42. The fourth-order valence-electron chi connectivity index (χ4n) is 16.1. The highest BCUT2D eigenvalue weighted by molar-refractivity contribution is 6.31. The summed E-state index contributed by atoms with van der Waals surface area (Å²) in [6.45, 7) is 15.7. The molecule has 2 aliphatic carbocycles. The number of aromatic nitrogens is 2. The number of ketones is 2. The topological polar surface area (TPSA) is 767 Å². The fraction of sp³-hybridized carbons (Fsp3) is 0.522. The van der Waals surface area contributed by atoms with E-state index >= 15 is 14.4 Å². The van der Waals surface area contributed by atoms with E-state index in [9.17, 15) is 88.5 Å². The highest BCUT2D eigenvalue weighted by Gasteiger charge is 2.50. The first kappa shape index (κ1) is 110. The number of nitrogens with zero attached hydrogens (tertiary/aromatic N) is 2. The average Bonchev–Trinajstić information content (AvgIpc) is 0.801. The highest BCUT2D eigenvalue weighted by Crippen LogP contribution is 2.53. The van der Waals surface area contributed by atoms with Crippen LogP contribution in [0.25, 0.3) is 0 Å². The molecular formula is C92H130N22O25. The van der Waals surface area contributed by atoms with Gasteiger partial charge in [-0.25, -0.2) is 4.98 Å². The molecule has 0 bridgehead atoms. The molecule has 0 saturated carbocycles. The molecule has 0 spiro atoms. The number of aromatic amines is 1. The summed E-state index contributed by atoms with van der Waals surface area (Å²) < 4.78 is 17.8. The van der Waals surface area contributed by atoms with Gasteiger partial charge in [-0.15, -0.1) is 0 Å². The summed E-state index contributed by atoms with van der Waals surface area (Å²) in [6, 6.07) is -2.09. The van der Waals surface area contributed by atoms with E-state index in [2.05, 4.69) is 84.2 Å². The maximum Gasteiger partial charge on any atom is 0.261 e. The molecule has 1 aliphatic heterocycles. The molecular weight excluding hydrogens is 1810 g/mol. The number of benzene rings is 4. The van der Waals surface area contributed by atoms with Crippen molar-refractivity contribution in [1.82, 2.24) is 79.1 Å². The van der Waals surface area contributed by atoms with Gasteiger partial charge < -0.3 is 152 Å². The summed E-state index contributed by atoms with van der Waals surface area (Å²) in [6.07, 6.45) is -6.10. The number of nitrogens with two attached hydrogens (primary N) is 4. The number of methoxy groups -OCH3 is 1. The molecule has 18 atom stereocenters. The van der Waals surface area contributed by atoms with Gasteiger partial charge in [0.15, 0.2) is 30.6 Å². The summed E-state index contributed by atoms with van der Waals surface area (Å²) >= 11 is 0. The van der Waals surface area contributed by atoms with Crippen LogP contribution >= 0.6 is 0 Å². The monoisotopic (exact) mass is 1940 g/mol. The molecule has 31 N–H and O–H groups in total. The smallest absolute Gasteiger partial charge is 0.261 e. The minimum atomic E-state index is -2.21. The summed E-state index contributed by atoms with van der Waals surface area (Å²) in [5.74, 6) is -17.4. The lowest BCUT2D eigenvalue weighted by Crippen LogP contribution is -2.62. The van der Waals surface area contributed by atoms with E-state index < -0.39 is 251 Å². The second-order valence-corrected chi connectivity index (χ2v) is 36.1.